The van der Waals surface area contributed by atoms with Crippen LogP contribution in [0.2, 0.25) is 0 Å². The van der Waals surface area contributed by atoms with Crippen molar-refractivity contribution >= 4 is 0 Å². The summed E-state index contributed by atoms with van der Waals surface area (Å²) in [5.41, 5.74) is 6.49. The summed E-state index contributed by atoms with van der Waals surface area (Å²) in [6.45, 7) is 1.92. The van der Waals surface area contributed by atoms with Gasteiger partial charge in [-0.25, -0.2) is 0 Å². The Morgan fingerprint density at radius 3 is 1.94 bits per heavy atom. The number of aliphatic hydroxyl groups is 1. The molecule has 2 unspecified atom stereocenters. The zero-order valence-electron chi connectivity index (χ0n) is 11.3. The standard InChI is InChI=1S/C13H21NO4/c1-5-9(14)12(15)8-6-10(16-2)13(18-4)11(7-8)17-3/h6-7,9,12,15H,5,14H2,1-4H3. The Morgan fingerprint density at radius 1 is 1.11 bits per heavy atom. The number of ether oxygens (including phenoxy) is 3. The highest BCUT2D eigenvalue weighted by molar-refractivity contribution is 5.54. The molecule has 5 heteroatoms. The van der Waals surface area contributed by atoms with Gasteiger partial charge in [0.25, 0.3) is 0 Å². The summed E-state index contributed by atoms with van der Waals surface area (Å²) in [6, 6.07) is 3.09. The molecule has 0 aliphatic carbocycles. The van der Waals surface area contributed by atoms with Crippen LogP contribution in [0.1, 0.15) is 25.0 Å². The fraction of sp³-hybridized carbons (Fsp3) is 0.538. The largest absolute Gasteiger partial charge is 0.493 e. The number of hydrogen-bond donors (Lipinski definition) is 2. The van der Waals surface area contributed by atoms with E-state index in [-0.39, 0.29) is 6.04 Å². The number of aliphatic hydroxyl groups excluding tert-OH is 1. The summed E-state index contributed by atoms with van der Waals surface area (Å²) in [5, 5.41) is 10.1. The minimum absolute atomic E-state index is 0.326. The SMILES string of the molecule is CCC(N)C(O)c1cc(OC)c(OC)c(OC)c1. The Morgan fingerprint density at radius 2 is 1.61 bits per heavy atom. The third-order valence-corrected chi connectivity index (χ3v) is 2.91. The number of benzene rings is 1. The predicted octanol–water partition coefficient (Wildman–Crippen LogP) is 1.48. The molecule has 0 radical (unpaired) electrons. The average Bonchev–Trinajstić information content (AvgIpc) is 2.43. The second kappa shape index (κ2) is 6.47. The van der Waals surface area contributed by atoms with Gasteiger partial charge in [-0.2, -0.15) is 0 Å². The highest BCUT2D eigenvalue weighted by Crippen LogP contribution is 2.40. The van der Waals surface area contributed by atoms with E-state index in [2.05, 4.69) is 0 Å². The van der Waals surface area contributed by atoms with E-state index in [0.29, 0.717) is 29.2 Å². The summed E-state index contributed by atoms with van der Waals surface area (Å²) >= 11 is 0. The molecule has 0 saturated heterocycles. The first-order valence-corrected chi connectivity index (χ1v) is 5.82. The quantitative estimate of drug-likeness (QED) is 0.805. The van der Waals surface area contributed by atoms with E-state index in [1.54, 1.807) is 12.1 Å². The van der Waals surface area contributed by atoms with Gasteiger partial charge >= 0.3 is 0 Å². The van der Waals surface area contributed by atoms with Gasteiger partial charge in [0.05, 0.1) is 27.4 Å². The van der Waals surface area contributed by atoms with Crippen molar-refractivity contribution in [3.8, 4) is 17.2 Å². The van der Waals surface area contributed by atoms with Crippen molar-refractivity contribution in [3.63, 3.8) is 0 Å². The van der Waals surface area contributed by atoms with Crippen LogP contribution in [0, 0.1) is 0 Å². The van der Waals surface area contributed by atoms with Crippen LogP contribution in [-0.4, -0.2) is 32.5 Å². The van der Waals surface area contributed by atoms with E-state index < -0.39 is 6.10 Å². The fourth-order valence-corrected chi connectivity index (χ4v) is 1.74. The number of hydrogen-bond acceptors (Lipinski definition) is 5. The summed E-state index contributed by atoms with van der Waals surface area (Å²) in [7, 11) is 4.61. The van der Waals surface area contributed by atoms with E-state index in [0.717, 1.165) is 0 Å². The highest BCUT2D eigenvalue weighted by atomic mass is 16.5. The van der Waals surface area contributed by atoms with Crippen molar-refractivity contribution in [2.75, 3.05) is 21.3 Å². The van der Waals surface area contributed by atoms with Crippen molar-refractivity contribution in [2.24, 2.45) is 5.73 Å². The molecule has 2 atom stereocenters. The molecule has 0 amide bonds. The normalized spacial score (nSPS) is 13.9. The molecule has 1 aromatic carbocycles. The van der Waals surface area contributed by atoms with Crippen LogP contribution in [0.5, 0.6) is 17.2 Å². The van der Waals surface area contributed by atoms with Crippen molar-refractivity contribution in [1.29, 1.82) is 0 Å². The summed E-state index contributed by atoms with van der Waals surface area (Å²) in [4.78, 5) is 0. The van der Waals surface area contributed by atoms with Crippen LogP contribution in [0.15, 0.2) is 12.1 Å². The lowest BCUT2D eigenvalue weighted by atomic mass is 10.00. The Labute approximate surface area is 107 Å². The van der Waals surface area contributed by atoms with Gasteiger partial charge < -0.3 is 25.1 Å². The van der Waals surface area contributed by atoms with Crippen molar-refractivity contribution < 1.29 is 19.3 Å². The second-order valence-electron chi connectivity index (χ2n) is 3.98. The maximum atomic E-state index is 10.1. The molecule has 5 nitrogen and oxygen atoms in total. The van der Waals surface area contributed by atoms with E-state index in [4.69, 9.17) is 19.9 Å². The van der Waals surface area contributed by atoms with Gasteiger partial charge in [0.1, 0.15) is 0 Å². The zero-order chi connectivity index (χ0) is 13.7. The van der Waals surface area contributed by atoms with E-state index in [1.807, 2.05) is 6.92 Å². The molecule has 0 saturated carbocycles. The lowest BCUT2D eigenvalue weighted by Gasteiger charge is -2.20. The monoisotopic (exact) mass is 255 g/mol. The minimum atomic E-state index is -0.760. The maximum absolute atomic E-state index is 10.1. The molecule has 0 aliphatic rings. The molecular weight excluding hydrogens is 234 g/mol. The highest BCUT2D eigenvalue weighted by Gasteiger charge is 2.20. The van der Waals surface area contributed by atoms with E-state index in [9.17, 15) is 5.11 Å². The number of nitrogens with two attached hydrogens (primary N) is 1. The predicted molar refractivity (Wildman–Crippen MR) is 69.3 cm³/mol. The molecule has 1 rings (SSSR count). The number of methoxy groups -OCH3 is 3. The van der Waals surface area contributed by atoms with E-state index in [1.165, 1.54) is 21.3 Å². The first kappa shape index (κ1) is 14.6. The van der Waals surface area contributed by atoms with Crippen LogP contribution >= 0.6 is 0 Å². The zero-order valence-corrected chi connectivity index (χ0v) is 11.3. The maximum Gasteiger partial charge on any atom is 0.203 e. The summed E-state index contributed by atoms with van der Waals surface area (Å²) < 4.78 is 15.7. The minimum Gasteiger partial charge on any atom is -0.493 e. The van der Waals surface area contributed by atoms with Crippen molar-refractivity contribution in [3.05, 3.63) is 17.7 Å². The topological polar surface area (TPSA) is 73.9 Å². The van der Waals surface area contributed by atoms with Gasteiger partial charge in [0, 0.05) is 6.04 Å². The summed E-state index contributed by atoms with van der Waals surface area (Å²) in [5.74, 6) is 1.52. The third-order valence-electron chi connectivity index (χ3n) is 2.91. The molecule has 18 heavy (non-hydrogen) atoms. The molecule has 0 fully saturated rings. The molecule has 102 valence electrons. The first-order valence-electron chi connectivity index (χ1n) is 5.82. The average molecular weight is 255 g/mol. The fourth-order valence-electron chi connectivity index (χ4n) is 1.74. The Hall–Kier alpha value is -1.46. The Bertz CT molecular complexity index is 370. The van der Waals surface area contributed by atoms with Crippen LogP contribution in [0.4, 0.5) is 0 Å². The molecule has 0 bridgehead atoms. The molecule has 0 heterocycles. The molecule has 0 aliphatic heterocycles. The molecule has 3 N–H and O–H groups in total. The van der Waals surface area contributed by atoms with Gasteiger partial charge in [-0.05, 0) is 24.1 Å². The van der Waals surface area contributed by atoms with Gasteiger partial charge in [0.2, 0.25) is 5.75 Å². The van der Waals surface area contributed by atoms with E-state index >= 15 is 0 Å². The Balaban J connectivity index is 3.22. The van der Waals surface area contributed by atoms with Crippen LogP contribution < -0.4 is 19.9 Å². The van der Waals surface area contributed by atoms with Gasteiger partial charge in [0.15, 0.2) is 11.5 Å². The summed E-state index contributed by atoms with van der Waals surface area (Å²) in [6.07, 6.45) is -0.0821. The third kappa shape index (κ3) is 2.86. The molecule has 0 spiro atoms. The van der Waals surface area contributed by atoms with Crippen LogP contribution in [0.25, 0.3) is 0 Å². The Kier molecular flexibility index (Phi) is 5.25. The lowest BCUT2D eigenvalue weighted by Crippen LogP contribution is -2.27. The van der Waals surface area contributed by atoms with Crippen LogP contribution in [-0.2, 0) is 0 Å². The van der Waals surface area contributed by atoms with Crippen molar-refractivity contribution in [2.45, 2.75) is 25.5 Å². The molecule has 1 aromatic rings. The van der Waals surface area contributed by atoms with Gasteiger partial charge in [-0.15, -0.1) is 0 Å². The first-order chi connectivity index (χ1) is 8.58. The van der Waals surface area contributed by atoms with Gasteiger partial charge in [-0.3, -0.25) is 0 Å². The second-order valence-corrected chi connectivity index (χ2v) is 3.98. The molecular formula is C13H21NO4. The van der Waals surface area contributed by atoms with Crippen molar-refractivity contribution in [1.82, 2.24) is 0 Å². The number of rotatable bonds is 6. The van der Waals surface area contributed by atoms with Gasteiger partial charge in [-0.1, -0.05) is 6.92 Å². The van der Waals surface area contributed by atoms with Crippen LogP contribution in [0.3, 0.4) is 0 Å². The lowest BCUT2D eigenvalue weighted by molar-refractivity contribution is 0.143. The smallest absolute Gasteiger partial charge is 0.203 e. The molecule has 0 aromatic heterocycles.